The van der Waals surface area contributed by atoms with Crippen LogP contribution in [0.25, 0.3) is 0 Å². The molecule has 0 radical (unpaired) electrons. The molecule has 1 atom stereocenters. The van der Waals surface area contributed by atoms with Crippen molar-refractivity contribution >= 4 is 18.7 Å². The number of benzene rings is 2. The van der Waals surface area contributed by atoms with Crippen LogP contribution >= 0.6 is 12.4 Å². The second-order valence-electron chi connectivity index (χ2n) is 5.69. The summed E-state index contributed by atoms with van der Waals surface area (Å²) in [5.41, 5.74) is 0.983. The molecule has 0 saturated carbocycles. The molecule has 4 nitrogen and oxygen atoms in total. The van der Waals surface area contributed by atoms with Gasteiger partial charge < -0.3 is 19.6 Å². The smallest absolute Gasteiger partial charge is 0.127 e. The number of halogens is 1. The molecule has 1 N–H and O–H groups in total. The van der Waals surface area contributed by atoms with Crippen LogP contribution in [0.2, 0.25) is 0 Å². The van der Waals surface area contributed by atoms with Crippen molar-refractivity contribution in [3.63, 3.8) is 0 Å². The molecular formula is C19H22ClNO3. The van der Waals surface area contributed by atoms with Crippen molar-refractivity contribution in [3.8, 4) is 17.2 Å². The summed E-state index contributed by atoms with van der Waals surface area (Å²) in [5, 5.41) is 3.41. The lowest BCUT2D eigenvalue weighted by molar-refractivity contribution is -0.107. The lowest BCUT2D eigenvalue weighted by Gasteiger charge is -2.12. The number of carbonyl (C=O) groups excluding carboxylic acids is 1. The highest BCUT2D eigenvalue weighted by Gasteiger charge is 2.14. The minimum atomic E-state index is 0. The number of rotatable bonds is 7. The largest absolute Gasteiger partial charge is 0.492 e. The number of carbonyl (C=O) groups is 1. The Kier molecular flexibility index (Phi) is 7.09. The van der Waals surface area contributed by atoms with Gasteiger partial charge in [0.05, 0.1) is 0 Å². The van der Waals surface area contributed by atoms with Gasteiger partial charge >= 0.3 is 0 Å². The Balaban J connectivity index is 0.00000208. The van der Waals surface area contributed by atoms with Crippen LogP contribution in [0.3, 0.4) is 0 Å². The standard InChI is InChI=1S/C19H21NO3.ClH/c21-13-11-15-3-5-18(6-4-15)23-19-9-7-17(8-10-19)22-14-16-2-1-12-20-16;/h3-10,13,16,20H,1-2,11-12,14H2;1H/t16-;/m1./s1. The highest BCUT2D eigenvalue weighted by atomic mass is 35.5. The van der Waals surface area contributed by atoms with Gasteiger partial charge in [-0.1, -0.05) is 12.1 Å². The van der Waals surface area contributed by atoms with Crippen LogP contribution in [0.1, 0.15) is 18.4 Å². The number of ether oxygens (including phenoxy) is 2. The summed E-state index contributed by atoms with van der Waals surface area (Å²) >= 11 is 0. The molecule has 1 fully saturated rings. The van der Waals surface area contributed by atoms with Gasteiger partial charge in [0, 0.05) is 12.5 Å². The van der Waals surface area contributed by atoms with Gasteiger partial charge in [0.1, 0.15) is 30.1 Å². The Hall–Kier alpha value is -2.04. The van der Waals surface area contributed by atoms with Crippen molar-refractivity contribution in [1.82, 2.24) is 5.32 Å². The molecular weight excluding hydrogens is 326 g/mol. The van der Waals surface area contributed by atoms with Gasteiger partial charge in [-0.25, -0.2) is 0 Å². The van der Waals surface area contributed by atoms with E-state index >= 15 is 0 Å². The van der Waals surface area contributed by atoms with Crippen molar-refractivity contribution in [2.24, 2.45) is 0 Å². The molecule has 1 saturated heterocycles. The maximum atomic E-state index is 10.5. The van der Waals surface area contributed by atoms with Crippen LogP contribution < -0.4 is 14.8 Å². The van der Waals surface area contributed by atoms with E-state index in [1.807, 2.05) is 48.5 Å². The fourth-order valence-corrected chi connectivity index (χ4v) is 2.63. The van der Waals surface area contributed by atoms with Crippen molar-refractivity contribution in [2.75, 3.05) is 13.2 Å². The third-order valence-corrected chi connectivity index (χ3v) is 3.92. The highest BCUT2D eigenvalue weighted by Crippen LogP contribution is 2.24. The normalized spacial score (nSPS) is 16.2. The summed E-state index contributed by atoms with van der Waals surface area (Å²) < 4.78 is 11.6. The second kappa shape index (κ2) is 9.30. The first-order valence-electron chi connectivity index (χ1n) is 8.00. The Bertz CT molecular complexity index is 622. The van der Waals surface area contributed by atoms with E-state index in [1.54, 1.807) is 0 Å². The molecule has 0 amide bonds. The molecule has 24 heavy (non-hydrogen) atoms. The summed E-state index contributed by atoms with van der Waals surface area (Å²) in [4.78, 5) is 10.5. The van der Waals surface area contributed by atoms with Gasteiger partial charge in [-0.2, -0.15) is 0 Å². The van der Waals surface area contributed by atoms with Crippen LogP contribution in [0, 0.1) is 0 Å². The maximum Gasteiger partial charge on any atom is 0.127 e. The molecule has 0 bridgehead atoms. The van der Waals surface area contributed by atoms with Crippen molar-refractivity contribution in [2.45, 2.75) is 25.3 Å². The first-order valence-corrected chi connectivity index (χ1v) is 8.00. The van der Waals surface area contributed by atoms with E-state index in [0.717, 1.165) is 35.6 Å². The van der Waals surface area contributed by atoms with Crippen LogP contribution in [0.4, 0.5) is 0 Å². The molecule has 0 unspecified atom stereocenters. The van der Waals surface area contributed by atoms with Crippen LogP contribution in [0.5, 0.6) is 17.2 Å². The summed E-state index contributed by atoms with van der Waals surface area (Å²) in [6.45, 7) is 1.80. The Labute approximate surface area is 148 Å². The van der Waals surface area contributed by atoms with E-state index in [9.17, 15) is 4.79 Å². The van der Waals surface area contributed by atoms with E-state index in [0.29, 0.717) is 19.1 Å². The summed E-state index contributed by atoms with van der Waals surface area (Å²) in [5.74, 6) is 2.37. The maximum absolute atomic E-state index is 10.5. The van der Waals surface area contributed by atoms with Crippen molar-refractivity contribution in [3.05, 3.63) is 54.1 Å². The van der Waals surface area contributed by atoms with E-state index < -0.39 is 0 Å². The van der Waals surface area contributed by atoms with Gasteiger partial charge in [0.2, 0.25) is 0 Å². The molecule has 0 aliphatic carbocycles. The zero-order valence-electron chi connectivity index (χ0n) is 13.4. The third-order valence-electron chi connectivity index (χ3n) is 3.92. The minimum absolute atomic E-state index is 0. The molecule has 3 rings (SSSR count). The Morgan fingerprint density at radius 1 is 1.00 bits per heavy atom. The van der Waals surface area contributed by atoms with Crippen molar-refractivity contribution in [1.29, 1.82) is 0 Å². The van der Waals surface area contributed by atoms with Gasteiger partial charge in [-0.3, -0.25) is 0 Å². The molecule has 2 aromatic carbocycles. The molecule has 0 spiro atoms. The van der Waals surface area contributed by atoms with Crippen molar-refractivity contribution < 1.29 is 14.3 Å². The van der Waals surface area contributed by atoms with Crippen LogP contribution in [-0.2, 0) is 11.2 Å². The van der Waals surface area contributed by atoms with E-state index in [1.165, 1.54) is 12.8 Å². The first kappa shape index (κ1) is 18.3. The van der Waals surface area contributed by atoms with E-state index in [2.05, 4.69) is 5.32 Å². The van der Waals surface area contributed by atoms with Gasteiger partial charge in [0.15, 0.2) is 0 Å². The minimum Gasteiger partial charge on any atom is -0.492 e. The van der Waals surface area contributed by atoms with Gasteiger partial charge in [0.25, 0.3) is 0 Å². The summed E-state index contributed by atoms with van der Waals surface area (Å²) in [7, 11) is 0. The SMILES string of the molecule is Cl.O=CCc1ccc(Oc2ccc(OC[C@H]3CCCN3)cc2)cc1. The van der Waals surface area contributed by atoms with Gasteiger partial charge in [-0.05, 0) is 61.3 Å². The lowest BCUT2D eigenvalue weighted by atomic mass is 10.2. The molecule has 1 heterocycles. The monoisotopic (exact) mass is 347 g/mol. The summed E-state index contributed by atoms with van der Waals surface area (Å²) in [6, 6.07) is 15.6. The van der Waals surface area contributed by atoms with Crippen LogP contribution in [0.15, 0.2) is 48.5 Å². The predicted molar refractivity (Wildman–Crippen MR) is 96.5 cm³/mol. The number of hydrogen-bond donors (Lipinski definition) is 1. The molecule has 128 valence electrons. The quantitative estimate of drug-likeness (QED) is 0.774. The zero-order valence-corrected chi connectivity index (χ0v) is 14.3. The topological polar surface area (TPSA) is 47.6 Å². The average Bonchev–Trinajstić information content (AvgIpc) is 3.10. The second-order valence-corrected chi connectivity index (χ2v) is 5.69. The highest BCUT2D eigenvalue weighted by molar-refractivity contribution is 5.85. The molecule has 1 aliphatic heterocycles. The van der Waals surface area contributed by atoms with Gasteiger partial charge in [-0.15, -0.1) is 12.4 Å². The number of nitrogens with one attached hydrogen (secondary N) is 1. The first-order chi connectivity index (χ1) is 11.3. The molecule has 0 aromatic heterocycles. The lowest BCUT2D eigenvalue weighted by Crippen LogP contribution is -2.28. The average molecular weight is 348 g/mol. The molecule has 2 aromatic rings. The Morgan fingerprint density at radius 2 is 1.62 bits per heavy atom. The van der Waals surface area contributed by atoms with Crippen LogP contribution in [-0.4, -0.2) is 25.5 Å². The third kappa shape index (κ3) is 5.25. The van der Waals surface area contributed by atoms with E-state index in [4.69, 9.17) is 9.47 Å². The number of hydrogen-bond acceptors (Lipinski definition) is 4. The molecule has 1 aliphatic rings. The summed E-state index contributed by atoms with van der Waals surface area (Å²) in [6.07, 6.45) is 3.74. The zero-order chi connectivity index (χ0) is 15.9. The number of aldehydes is 1. The fraction of sp³-hybridized carbons (Fsp3) is 0.316. The molecule has 5 heteroatoms. The predicted octanol–water partition coefficient (Wildman–Crippen LogP) is 3.77. The fourth-order valence-electron chi connectivity index (χ4n) is 2.63. The Morgan fingerprint density at radius 3 is 2.21 bits per heavy atom. The van der Waals surface area contributed by atoms with E-state index in [-0.39, 0.29) is 12.4 Å².